The molecule has 1 N–H and O–H groups in total. The summed E-state index contributed by atoms with van der Waals surface area (Å²) in [6.45, 7) is 3.32. The van der Waals surface area contributed by atoms with Crippen LogP contribution in [0.25, 0.3) is 10.9 Å². The van der Waals surface area contributed by atoms with Crippen molar-refractivity contribution >= 4 is 38.6 Å². The normalized spacial score (nSPS) is 18.7. The van der Waals surface area contributed by atoms with E-state index < -0.39 is 0 Å². The van der Waals surface area contributed by atoms with Crippen LogP contribution in [0.2, 0.25) is 0 Å². The van der Waals surface area contributed by atoms with Gasteiger partial charge in [0.05, 0.1) is 5.52 Å². The van der Waals surface area contributed by atoms with Crippen LogP contribution in [0, 0.1) is 0 Å². The molecule has 1 aromatic heterocycles. The molecule has 0 radical (unpaired) electrons. The van der Waals surface area contributed by atoms with Crippen molar-refractivity contribution in [3.05, 3.63) is 27.9 Å². The second-order valence-corrected chi connectivity index (χ2v) is 6.97. The Bertz CT molecular complexity index is 632. The van der Waals surface area contributed by atoms with Crippen LogP contribution in [0.1, 0.15) is 17.7 Å². The second kappa shape index (κ2) is 4.29. The minimum atomic E-state index is 1.02. The first-order valence-electron chi connectivity index (χ1n) is 6.52. The van der Waals surface area contributed by atoms with Gasteiger partial charge in [-0.05, 0) is 29.9 Å². The van der Waals surface area contributed by atoms with Crippen molar-refractivity contribution in [2.24, 2.45) is 0 Å². The number of halogens is 1. The molecule has 0 spiro atoms. The zero-order chi connectivity index (χ0) is 12.1. The van der Waals surface area contributed by atoms with E-state index in [4.69, 9.17) is 0 Å². The Morgan fingerprint density at radius 3 is 3.22 bits per heavy atom. The van der Waals surface area contributed by atoms with E-state index in [2.05, 4.69) is 37.9 Å². The minimum Gasteiger partial charge on any atom is -0.343 e. The molecule has 0 fully saturated rings. The van der Waals surface area contributed by atoms with Gasteiger partial charge < -0.3 is 9.88 Å². The number of hydrogen-bond acceptors (Lipinski definition) is 2. The molecule has 0 atom stereocenters. The fourth-order valence-corrected chi connectivity index (χ4v) is 4.77. The monoisotopic (exact) mass is 322 g/mol. The van der Waals surface area contributed by atoms with Crippen molar-refractivity contribution < 1.29 is 0 Å². The highest BCUT2D eigenvalue weighted by Crippen LogP contribution is 2.41. The van der Waals surface area contributed by atoms with E-state index in [1.807, 2.05) is 11.8 Å². The predicted octanol–water partition coefficient (Wildman–Crippen LogP) is 3.55. The molecular weight excluding hydrogens is 308 g/mol. The molecule has 0 bridgehead atoms. The number of nitrogens with one attached hydrogen (secondary N) is 1. The number of aromatic nitrogens is 1. The molecule has 2 aliphatic rings. The summed E-state index contributed by atoms with van der Waals surface area (Å²) in [5, 5.41) is 4.96. The highest BCUT2D eigenvalue weighted by atomic mass is 79.9. The SMILES string of the molecule is Brc1ccc2c3c1c1c(n3CCCS2)CCNC1. The zero-order valence-electron chi connectivity index (χ0n) is 10.1. The van der Waals surface area contributed by atoms with Crippen LogP contribution in [0.15, 0.2) is 21.5 Å². The number of aryl methyl sites for hydroxylation is 1. The maximum atomic E-state index is 3.75. The van der Waals surface area contributed by atoms with Gasteiger partial charge in [-0.15, -0.1) is 11.8 Å². The molecule has 1 aromatic carbocycles. The summed E-state index contributed by atoms with van der Waals surface area (Å²) in [7, 11) is 0. The summed E-state index contributed by atoms with van der Waals surface area (Å²) in [4.78, 5) is 1.46. The molecule has 0 saturated carbocycles. The maximum Gasteiger partial charge on any atom is 0.0635 e. The lowest BCUT2D eigenvalue weighted by Crippen LogP contribution is -2.24. The number of thioether (sulfide) groups is 1. The van der Waals surface area contributed by atoms with Gasteiger partial charge in [-0.25, -0.2) is 0 Å². The number of fused-ring (bicyclic) bond motifs is 3. The van der Waals surface area contributed by atoms with E-state index in [0.717, 1.165) is 13.1 Å². The van der Waals surface area contributed by atoms with E-state index in [9.17, 15) is 0 Å². The van der Waals surface area contributed by atoms with Gasteiger partial charge in [0.2, 0.25) is 0 Å². The predicted molar refractivity (Wildman–Crippen MR) is 80.4 cm³/mol. The molecule has 0 aliphatic carbocycles. The number of nitrogens with zero attached hydrogens (tertiary/aromatic N) is 1. The quantitative estimate of drug-likeness (QED) is 0.799. The summed E-state index contributed by atoms with van der Waals surface area (Å²) in [6, 6.07) is 4.49. The molecule has 2 aromatic rings. The molecule has 4 heteroatoms. The van der Waals surface area contributed by atoms with Gasteiger partial charge in [0.1, 0.15) is 0 Å². The lowest BCUT2D eigenvalue weighted by molar-refractivity contribution is 0.592. The third-order valence-electron chi connectivity index (χ3n) is 3.96. The van der Waals surface area contributed by atoms with Gasteiger partial charge >= 0.3 is 0 Å². The highest BCUT2D eigenvalue weighted by molar-refractivity contribution is 9.10. The van der Waals surface area contributed by atoms with E-state index in [-0.39, 0.29) is 0 Å². The Labute approximate surface area is 119 Å². The number of rotatable bonds is 0. The van der Waals surface area contributed by atoms with Crippen molar-refractivity contribution in [1.29, 1.82) is 0 Å². The fraction of sp³-hybridized carbons (Fsp3) is 0.429. The zero-order valence-corrected chi connectivity index (χ0v) is 12.5. The summed E-state index contributed by atoms with van der Waals surface area (Å²) in [5.41, 5.74) is 4.56. The Kier molecular flexibility index (Phi) is 2.71. The van der Waals surface area contributed by atoms with Gasteiger partial charge in [-0.2, -0.15) is 0 Å². The van der Waals surface area contributed by atoms with Crippen LogP contribution in [0.5, 0.6) is 0 Å². The van der Waals surface area contributed by atoms with Gasteiger partial charge in [0.25, 0.3) is 0 Å². The lowest BCUT2D eigenvalue weighted by Gasteiger charge is -2.16. The average molecular weight is 323 g/mol. The number of benzene rings is 1. The summed E-state index contributed by atoms with van der Waals surface area (Å²) >= 11 is 5.76. The molecule has 4 rings (SSSR count). The Morgan fingerprint density at radius 1 is 1.33 bits per heavy atom. The summed E-state index contributed by atoms with van der Waals surface area (Å²) < 4.78 is 3.84. The van der Waals surface area contributed by atoms with Crippen molar-refractivity contribution in [2.75, 3.05) is 12.3 Å². The molecule has 0 amide bonds. The van der Waals surface area contributed by atoms with Crippen molar-refractivity contribution in [1.82, 2.24) is 9.88 Å². The van der Waals surface area contributed by atoms with Crippen LogP contribution in [0.3, 0.4) is 0 Å². The third-order valence-corrected chi connectivity index (χ3v) is 5.75. The highest BCUT2D eigenvalue weighted by Gasteiger charge is 2.24. The first-order valence-corrected chi connectivity index (χ1v) is 8.30. The topological polar surface area (TPSA) is 17.0 Å². The minimum absolute atomic E-state index is 1.02. The first kappa shape index (κ1) is 11.4. The smallest absolute Gasteiger partial charge is 0.0635 e. The van der Waals surface area contributed by atoms with Crippen LogP contribution >= 0.6 is 27.7 Å². The van der Waals surface area contributed by atoms with Gasteiger partial charge in [-0.1, -0.05) is 15.9 Å². The van der Waals surface area contributed by atoms with E-state index in [0.29, 0.717) is 0 Å². The van der Waals surface area contributed by atoms with Crippen LogP contribution in [-0.4, -0.2) is 16.9 Å². The van der Waals surface area contributed by atoms with Gasteiger partial charge in [-0.3, -0.25) is 0 Å². The molecule has 3 heterocycles. The second-order valence-electron chi connectivity index (χ2n) is 4.97. The summed E-state index contributed by atoms with van der Waals surface area (Å²) in [6.07, 6.45) is 2.45. The molecule has 0 saturated heterocycles. The molecule has 0 unspecified atom stereocenters. The fourth-order valence-electron chi connectivity index (χ4n) is 3.21. The van der Waals surface area contributed by atoms with Crippen LogP contribution < -0.4 is 5.32 Å². The Balaban J connectivity index is 2.15. The van der Waals surface area contributed by atoms with E-state index in [1.54, 1.807) is 5.69 Å². The van der Waals surface area contributed by atoms with Crippen molar-refractivity contribution in [3.8, 4) is 0 Å². The van der Waals surface area contributed by atoms with Crippen LogP contribution in [0.4, 0.5) is 0 Å². The number of hydrogen-bond donors (Lipinski definition) is 1. The maximum absolute atomic E-state index is 3.75. The van der Waals surface area contributed by atoms with Crippen LogP contribution in [-0.2, 0) is 19.5 Å². The average Bonchev–Trinajstić information content (AvgIpc) is 2.58. The largest absolute Gasteiger partial charge is 0.343 e. The lowest BCUT2D eigenvalue weighted by atomic mass is 10.1. The van der Waals surface area contributed by atoms with E-state index in [1.165, 1.54) is 51.0 Å². The third kappa shape index (κ3) is 1.52. The van der Waals surface area contributed by atoms with Crippen molar-refractivity contribution in [3.63, 3.8) is 0 Å². The standard InChI is InChI=1S/C14H15BrN2S/c15-10-2-3-12-14-13(10)9-8-16-5-4-11(9)17(14)6-1-7-18-12/h2-3,16H,1,4-8H2. The molecule has 2 aliphatic heterocycles. The molecular formula is C14H15BrN2S. The van der Waals surface area contributed by atoms with Gasteiger partial charge in [0, 0.05) is 46.5 Å². The Hall–Kier alpha value is -0.450. The Morgan fingerprint density at radius 2 is 2.28 bits per heavy atom. The molecule has 2 nitrogen and oxygen atoms in total. The molecule has 18 heavy (non-hydrogen) atoms. The summed E-state index contributed by atoms with van der Waals surface area (Å²) in [5.74, 6) is 1.24. The molecule has 94 valence electrons. The first-order chi connectivity index (χ1) is 8.86. The van der Waals surface area contributed by atoms with Gasteiger partial charge in [0.15, 0.2) is 0 Å². The van der Waals surface area contributed by atoms with E-state index >= 15 is 0 Å². The van der Waals surface area contributed by atoms with Crippen molar-refractivity contribution in [2.45, 2.75) is 30.8 Å².